The Hall–Kier alpha value is -2.77. The largest absolute Gasteiger partial charge is 0.417 e. The Labute approximate surface area is 182 Å². The number of imidazole rings is 1. The second-order valence-electron chi connectivity index (χ2n) is 7.69. The number of anilines is 1. The number of pyridine rings is 1. The zero-order chi connectivity index (χ0) is 23.1. The van der Waals surface area contributed by atoms with Gasteiger partial charge in [0, 0.05) is 25.5 Å². The van der Waals surface area contributed by atoms with E-state index in [1.54, 1.807) is 13.0 Å². The molecule has 4 rings (SSSR count). The van der Waals surface area contributed by atoms with Gasteiger partial charge in [0.1, 0.15) is 17.2 Å². The number of hydrogen-bond donors (Lipinski definition) is 1. The Balaban J connectivity index is 1.62. The minimum absolute atomic E-state index is 0.204. The summed E-state index contributed by atoms with van der Waals surface area (Å²) >= 11 is 0. The first-order valence-corrected chi connectivity index (χ1v) is 11.5. The van der Waals surface area contributed by atoms with Gasteiger partial charge in [0.25, 0.3) is 0 Å². The number of primary sulfonamides is 1. The van der Waals surface area contributed by atoms with Gasteiger partial charge in [-0.15, -0.1) is 0 Å². The lowest BCUT2D eigenvalue weighted by Crippen LogP contribution is -2.47. The van der Waals surface area contributed by atoms with E-state index in [-0.39, 0.29) is 23.6 Å². The van der Waals surface area contributed by atoms with E-state index < -0.39 is 21.8 Å². The molecule has 1 aliphatic rings. The third-order valence-electron chi connectivity index (χ3n) is 5.25. The molecular weight excluding hydrogens is 449 g/mol. The molecule has 1 fully saturated rings. The molecule has 2 atom stereocenters. The quantitative estimate of drug-likeness (QED) is 0.606. The number of nitrogens with two attached hydrogens (primary N) is 1. The predicted octanol–water partition coefficient (Wildman–Crippen LogP) is 1.94. The molecule has 3 aromatic rings. The Morgan fingerprint density at radius 3 is 2.78 bits per heavy atom. The van der Waals surface area contributed by atoms with Crippen molar-refractivity contribution in [2.45, 2.75) is 19.2 Å². The van der Waals surface area contributed by atoms with Crippen LogP contribution in [0.3, 0.4) is 0 Å². The average Bonchev–Trinajstić information content (AvgIpc) is 3.15. The fraction of sp³-hybridized carbons (Fsp3) is 0.421. The molecule has 3 aromatic heterocycles. The summed E-state index contributed by atoms with van der Waals surface area (Å²) < 4.78 is 69.3. The Bertz CT molecular complexity index is 1230. The van der Waals surface area contributed by atoms with Crippen LogP contribution < -0.4 is 10.0 Å². The average molecular weight is 470 g/mol. The van der Waals surface area contributed by atoms with E-state index in [9.17, 15) is 21.6 Å². The number of nitrogens with zero attached hydrogens (tertiary/aromatic N) is 5. The summed E-state index contributed by atoms with van der Waals surface area (Å²) in [7, 11) is -3.64. The lowest BCUT2D eigenvalue weighted by atomic mass is 10.1. The molecule has 0 spiro atoms. The summed E-state index contributed by atoms with van der Waals surface area (Å²) in [5.41, 5.74) is -0.147. The zero-order valence-electron chi connectivity index (χ0n) is 17.0. The molecule has 1 saturated heterocycles. The normalized spacial score (nSPS) is 18.8. The fourth-order valence-corrected chi connectivity index (χ4v) is 4.61. The minimum Gasteiger partial charge on any atom is -0.374 e. The van der Waals surface area contributed by atoms with Gasteiger partial charge in [0.2, 0.25) is 10.0 Å². The van der Waals surface area contributed by atoms with Gasteiger partial charge < -0.3 is 9.64 Å². The molecule has 2 N–H and O–H groups in total. The van der Waals surface area contributed by atoms with Crippen LogP contribution in [0.1, 0.15) is 12.5 Å². The Morgan fingerprint density at radius 1 is 1.28 bits per heavy atom. The van der Waals surface area contributed by atoms with E-state index in [1.807, 2.05) is 4.90 Å². The molecule has 0 unspecified atom stereocenters. The molecule has 1 aliphatic heterocycles. The summed E-state index contributed by atoms with van der Waals surface area (Å²) in [6, 6.07) is 3.94. The summed E-state index contributed by atoms with van der Waals surface area (Å²) in [5, 5.41) is 5.15. The van der Waals surface area contributed by atoms with Crippen LogP contribution in [-0.4, -0.2) is 59.3 Å². The Morgan fingerprint density at radius 2 is 2.06 bits per heavy atom. The number of sulfonamides is 1. The molecule has 0 aliphatic carbocycles. The highest BCUT2D eigenvalue weighted by atomic mass is 32.2. The third-order valence-corrected chi connectivity index (χ3v) is 6.24. The number of ether oxygens (including phenoxy) is 1. The summed E-state index contributed by atoms with van der Waals surface area (Å²) in [6.07, 6.45) is -0.957. The van der Waals surface area contributed by atoms with Gasteiger partial charge in [-0.05, 0) is 24.1 Å². The summed E-state index contributed by atoms with van der Waals surface area (Å²) in [5.74, 6) is 0.237. The van der Waals surface area contributed by atoms with E-state index in [2.05, 4.69) is 15.0 Å². The smallest absolute Gasteiger partial charge is 0.374 e. The van der Waals surface area contributed by atoms with Crippen molar-refractivity contribution in [1.29, 1.82) is 0 Å². The van der Waals surface area contributed by atoms with Crippen molar-refractivity contribution in [2.24, 2.45) is 11.1 Å². The number of fused-ring (bicyclic) bond motifs is 1. The van der Waals surface area contributed by atoms with Crippen molar-refractivity contribution in [3.63, 3.8) is 0 Å². The number of alkyl halides is 3. The molecule has 0 bridgehead atoms. The molecule has 0 saturated carbocycles. The van der Waals surface area contributed by atoms with Crippen molar-refractivity contribution in [3.8, 4) is 11.5 Å². The summed E-state index contributed by atoms with van der Waals surface area (Å²) in [6.45, 7) is 3.02. The molecule has 172 valence electrons. The molecule has 0 amide bonds. The van der Waals surface area contributed by atoms with E-state index >= 15 is 0 Å². The predicted molar refractivity (Wildman–Crippen MR) is 110 cm³/mol. The van der Waals surface area contributed by atoms with Crippen LogP contribution in [0.25, 0.3) is 17.2 Å². The highest BCUT2D eigenvalue weighted by Crippen LogP contribution is 2.30. The molecule has 4 heterocycles. The molecule has 9 nitrogen and oxygen atoms in total. The summed E-state index contributed by atoms with van der Waals surface area (Å²) in [4.78, 5) is 14.8. The molecule has 32 heavy (non-hydrogen) atoms. The fourth-order valence-electron chi connectivity index (χ4n) is 3.66. The third kappa shape index (κ3) is 4.84. The SMILES string of the molecule is C[C@H](CS(N)(=O)=O)[C@H]1CN(c2ccnc(-c3cnc4ccc(C(F)(F)F)cn34)n2)CCO1. The second kappa shape index (κ2) is 8.30. The van der Waals surface area contributed by atoms with Crippen molar-refractivity contribution in [2.75, 3.05) is 30.3 Å². The topological polar surface area (TPSA) is 116 Å². The van der Waals surface area contributed by atoms with Crippen molar-refractivity contribution < 1.29 is 26.3 Å². The molecule has 0 aromatic carbocycles. The number of halogens is 3. The van der Waals surface area contributed by atoms with Crippen molar-refractivity contribution in [1.82, 2.24) is 19.4 Å². The van der Waals surface area contributed by atoms with Crippen LogP contribution >= 0.6 is 0 Å². The van der Waals surface area contributed by atoms with Gasteiger partial charge in [-0.3, -0.25) is 4.40 Å². The van der Waals surface area contributed by atoms with E-state index in [1.165, 1.54) is 22.9 Å². The molecular formula is C19H21F3N6O3S. The van der Waals surface area contributed by atoms with E-state index in [0.29, 0.717) is 36.9 Å². The number of rotatable bonds is 5. The monoisotopic (exact) mass is 470 g/mol. The van der Waals surface area contributed by atoms with Crippen LogP contribution in [0.2, 0.25) is 0 Å². The van der Waals surface area contributed by atoms with Crippen LogP contribution in [0.4, 0.5) is 19.0 Å². The van der Waals surface area contributed by atoms with Gasteiger partial charge in [-0.2, -0.15) is 13.2 Å². The van der Waals surface area contributed by atoms with E-state index in [0.717, 1.165) is 12.3 Å². The van der Waals surface area contributed by atoms with Gasteiger partial charge >= 0.3 is 6.18 Å². The van der Waals surface area contributed by atoms with Crippen LogP contribution in [0, 0.1) is 5.92 Å². The first-order chi connectivity index (χ1) is 15.0. The zero-order valence-corrected chi connectivity index (χ0v) is 17.8. The standard InChI is InChI=1S/C19H21F3N6O3S/c1-12(11-32(23,29)30)15-10-27(6-7-31-15)17-4-5-24-18(26-17)14-8-25-16-3-2-13(9-28(14)16)19(20,21)22/h2-5,8-9,12,15H,6-7,10-11H2,1H3,(H2,23,29,30)/t12-,15-/m1/s1. The number of morpholine rings is 1. The van der Waals surface area contributed by atoms with E-state index in [4.69, 9.17) is 9.88 Å². The highest BCUT2D eigenvalue weighted by Gasteiger charge is 2.31. The van der Waals surface area contributed by atoms with Crippen LogP contribution in [0.15, 0.2) is 36.8 Å². The lowest BCUT2D eigenvalue weighted by molar-refractivity contribution is -0.137. The van der Waals surface area contributed by atoms with Gasteiger partial charge in [0.05, 0.1) is 30.2 Å². The number of aromatic nitrogens is 4. The van der Waals surface area contributed by atoms with Gasteiger partial charge in [0.15, 0.2) is 5.82 Å². The first kappa shape index (κ1) is 22.4. The minimum atomic E-state index is -4.49. The Kier molecular flexibility index (Phi) is 5.81. The van der Waals surface area contributed by atoms with Gasteiger partial charge in [-0.1, -0.05) is 6.92 Å². The van der Waals surface area contributed by atoms with Crippen LogP contribution in [-0.2, 0) is 20.9 Å². The molecule has 0 radical (unpaired) electrons. The first-order valence-electron chi connectivity index (χ1n) is 9.76. The van der Waals surface area contributed by atoms with Gasteiger partial charge in [-0.25, -0.2) is 28.5 Å². The lowest BCUT2D eigenvalue weighted by Gasteiger charge is -2.36. The molecule has 13 heteroatoms. The maximum atomic E-state index is 13.1. The van der Waals surface area contributed by atoms with Crippen molar-refractivity contribution >= 4 is 21.5 Å². The second-order valence-corrected chi connectivity index (χ2v) is 9.35. The maximum Gasteiger partial charge on any atom is 0.417 e. The number of hydrogen-bond acceptors (Lipinski definition) is 7. The van der Waals surface area contributed by atoms with Crippen molar-refractivity contribution in [3.05, 3.63) is 42.4 Å². The highest BCUT2D eigenvalue weighted by molar-refractivity contribution is 7.89. The van der Waals surface area contributed by atoms with Crippen LogP contribution in [0.5, 0.6) is 0 Å². The maximum absolute atomic E-state index is 13.1.